The van der Waals surface area contributed by atoms with E-state index in [1.165, 1.54) is 16.0 Å². The van der Waals surface area contributed by atoms with Gasteiger partial charge in [0.2, 0.25) is 22.9 Å². The molecule has 1 saturated heterocycles. The van der Waals surface area contributed by atoms with Crippen LogP contribution in [0.2, 0.25) is 0 Å². The summed E-state index contributed by atoms with van der Waals surface area (Å²) < 4.78 is 13.7. The number of rotatable bonds is 3. The number of hydrogen-bond donors (Lipinski definition) is 1. The third kappa shape index (κ3) is 3.14. The molecule has 7 rings (SSSR count). The zero-order chi connectivity index (χ0) is 26.9. The van der Waals surface area contributed by atoms with E-state index in [1.54, 1.807) is 30.0 Å². The van der Waals surface area contributed by atoms with Crippen molar-refractivity contribution < 1.29 is 14.3 Å². The Balaban J connectivity index is 1.53. The number of likely N-dealkylation sites (N-methyl/N-ethyl adjacent to an activating group) is 2. The maximum absolute atomic E-state index is 13.9. The Morgan fingerprint density at radius 2 is 1.59 bits per heavy atom. The highest BCUT2D eigenvalue weighted by atomic mass is 79.9. The van der Waals surface area contributed by atoms with Crippen LogP contribution in [0.25, 0.3) is 6.08 Å². The number of fused-ring (bicyclic) bond motifs is 3. The predicted molar refractivity (Wildman–Crippen MR) is 150 cm³/mol. The van der Waals surface area contributed by atoms with Gasteiger partial charge < -0.3 is 9.47 Å². The zero-order valence-electron chi connectivity index (χ0n) is 20.9. The first-order valence-electron chi connectivity index (χ1n) is 12.2. The molecule has 3 aromatic carbocycles. The lowest BCUT2D eigenvalue weighted by atomic mass is 9.80. The molecule has 2 amide bonds. The van der Waals surface area contributed by atoms with E-state index in [0.717, 1.165) is 21.2 Å². The Kier molecular flexibility index (Phi) is 5.20. The number of nitrogens with zero attached hydrogens (tertiary/aromatic N) is 4. The van der Waals surface area contributed by atoms with E-state index in [2.05, 4.69) is 21.4 Å². The van der Waals surface area contributed by atoms with Gasteiger partial charge in [0.05, 0.1) is 4.53 Å². The molecule has 0 radical (unpaired) electrons. The minimum Gasteiger partial charge on any atom is -0.454 e. The van der Waals surface area contributed by atoms with Crippen LogP contribution in [-0.2, 0) is 11.3 Å². The fourth-order valence-corrected chi connectivity index (χ4v) is 7.10. The van der Waals surface area contributed by atoms with Crippen molar-refractivity contribution in [2.75, 3.05) is 26.3 Å². The molecule has 0 spiro atoms. The molecule has 11 heteroatoms. The molecule has 39 heavy (non-hydrogen) atoms. The van der Waals surface area contributed by atoms with E-state index in [4.69, 9.17) is 14.5 Å². The molecule has 4 aromatic rings. The fourth-order valence-electron chi connectivity index (χ4n) is 5.70. The molecule has 1 fully saturated rings. The highest BCUT2D eigenvalue weighted by Crippen LogP contribution is 2.53. The summed E-state index contributed by atoms with van der Waals surface area (Å²) in [4.78, 5) is 36.5. The largest absolute Gasteiger partial charge is 0.454 e. The lowest BCUT2D eigenvalue weighted by molar-refractivity contribution is 0.0648. The van der Waals surface area contributed by atoms with E-state index in [9.17, 15) is 9.59 Å². The molecule has 3 aliphatic heterocycles. The van der Waals surface area contributed by atoms with Gasteiger partial charge in [0.25, 0.3) is 5.56 Å². The van der Waals surface area contributed by atoms with Crippen LogP contribution in [-0.4, -0.2) is 41.4 Å². The van der Waals surface area contributed by atoms with Crippen LogP contribution in [0.3, 0.4) is 0 Å². The van der Waals surface area contributed by atoms with Gasteiger partial charge in [-0.25, -0.2) is 9.79 Å². The topological polar surface area (TPSA) is 88.4 Å². The van der Waals surface area contributed by atoms with E-state index in [-0.39, 0.29) is 18.4 Å². The number of urea groups is 1. The average Bonchev–Trinajstić information content (AvgIpc) is 3.58. The van der Waals surface area contributed by atoms with Gasteiger partial charge in [-0.2, -0.15) is 4.68 Å². The van der Waals surface area contributed by atoms with E-state index in [1.807, 2.05) is 72.8 Å². The van der Waals surface area contributed by atoms with Gasteiger partial charge in [0, 0.05) is 29.7 Å². The summed E-state index contributed by atoms with van der Waals surface area (Å²) in [6.45, 7) is 0.160. The third-order valence-electron chi connectivity index (χ3n) is 7.55. The Morgan fingerprint density at radius 3 is 2.28 bits per heavy atom. The summed E-state index contributed by atoms with van der Waals surface area (Å²) >= 11 is 4.84. The van der Waals surface area contributed by atoms with Crippen molar-refractivity contribution in [1.29, 1.82) is 0 Å². The summed E-state index contributed by atoms with van der Waals surface area (Å²) in [6, 6.07) is 22.8. The second kappa shape index (κ2) is 8.45. The first-order valence-corrected chi connectivity index (χ1v) is 13.8. The van der Waals surface area contributed by atoms with Gasteiger partial charge in [-0.3, -0.25) is 20.0 Å². The second-order valence-corrected chi connectivity index (χ2v) is 11.4. The molecule has 0 unspecified atom stereocenters. The van der Waals surface area contributed by atoms with Crippen LogP contribution in [0.1, 0.15) is 16.7 Å². The van der Waals surface area contributed by atoms with Crippen LogP contribution in [0.4, 0.5) is 4.79 Å². The average molecular weight is 604 g/mol. The molecule has 1 aromatic heterocycles. The second-order valence-electron chi connectivity index (χ2n) is 9.50. The molecule has 9 nitrogen and oxygen atoms in total. The molecule has 2 atom stereocenters. The molecule has 0 saturated carbocycles. The minimum absolute atomic E-state index is 0.160. The number of halogens is 1. The van der Waals surface area contributed by atoms with Crippen molar-refractivity contribution in [1.82, 2.24) is 14.5 Å². The summed E-state index contributed by atoms with van der Waals surface area (Å²) in [5.74, 6) is 1.27. The summed E-state index contributed by atoms with van der Waals surface area (Å²) in [5, 5.41) is 0. The van der Waals surface area contributed by atoms with Gasteiger partial charge in [-0.1, -0.05) is 87.9 Å². The number of thiazole rings is 1. The molecule has 1 N–H and O–H groups in total. The number of nitrogens with one attached hydrogen (secondary N) is 1. The SMILES string of the molecule is CN1C(=O)N(C)[C@]2(c3ccccc3)Nn3c(s/c(=C\c4cc5c(cc4Br)OCO5)c3=O)=N[C@]12c1ccccc1. The molecule has 196 valence electrons. The number of benzene rings is 3. The molecule has 0 aliphatic carbocycles. The number of ether oxygens (including phenoxy) is 2. The maximum Gasteiger partial charge on any atom is 0.324 e. The smallest absolute Gasteiger partial charge is 0.324 e. The Hall–Kier alpha value is -4.09. The van der Waals surface area contributed by atoms with Gasteiger partial charge in [0.15, 0.2) is 11.5 Å². The highest BCUT2D eigenvalue weighted by Gasteiger charge is 2.69. The first-order chi connectivity index (χ1) is 18.9. The molecule has 0 bridgehead atoms. The van der Waals surface area contributed by atoms with Crippen LogP contribution in [0, 0.1) is 0 Å². The number of carbonyl (C=O) groups excluding carboxylic acids is 1. The highest BCUT2D eigenvalue weighted by molar-refractivity contribution is 9.10. The molecular formula is C28H22BrN5O4S. The monoisotopic (exact) mass is 603 g/mol. The maximum atomic E-state index is 13.9. The predicted octanol–water partition coefficient (Wildman–Crippen LogP) is 3.11. The van der Waals surface area contributed by atoms with Gasteiger partial charge >= 0.3 is 6.03 Å². The minimum atomic E-state index is -1.21. The third-order valence-corrected chi connectivity index (χ3v) is 9.21. The Bertz CT molecular complexity index is 1830. The van der Waals surface area contributed by atoms with Crippen molar-refractivity contribution in [3.63, 3.8) is 0 Å². The van der Waals surface area contributed by atoms with Crippen molar-refractivity contribution >= 4 is 39.4 Å². The summed E-state index contributed by atoms with van der Waals surface area (Å²) in [5.41, 5.74) is 3.19. The number of carbonyl (C=O) groups is 1. The van der Waals surface area contributed by atoms with Crippen molar-refractivity contribution in [2.24, 2.45) is 4.99 Å². The van der Waals surface area contributed by atoms with Crippen molar-refractivity contribution in [3.05, 3.63) is 114 Å². The van der Waals surface area contributed by atoms with Crippen LogP contribution >= 0.6 is 27.3 Å². The van der Waals surface area contributed by atoms with E-state index >= 15 is 0 Å². The normalized spacial score (nSPS) is 23.4. The summed E-state index contributed by atoms with van der Waals surface area (Å²) in [7, 11) is 3.48. The summed E-state index contributed by atoms with van der Waals surface area (Å²) in [6.07, 6.45) is 1.81. The fraction of sp³-hybridized carbons (Fsp3) is 0.179. The van der Waals surface area contributed by atoms with Gasteiger partial charge in [-0.05, 0) is 23.8 Å². The lowest BCUT2D eigenvalue weighted by Gasteiger charge is -2.49. The van der Waals surface area contributed by atoms with E-state index < -0.39 is 11.3 Å². The standard InChI is InChI=1S/C28H22BrN5O4S/c1-32-26(36)33(2)28(19-11-7-4-8-12-19)27(32,18-9-5-3-6-10-18)30-25-34(31-28)24(35)23(39-25)14-17-13-21-22(15-20(17)29)38-16-37-21/h3-15,31H,16H2,1-2H3/b23-14-/t27-,28+/m1/s1. The quantitative estimate of drug-likeness (QED) is 0.389. The molecule has 4 heterocycles. The molecular weight excluding hydrogens is 582 g/mol. The van der Waals surface area contributed by atoms with Gasteiger partial charge in [0.1, 0.15) is 0 Å². The van der Waals surface area contributed by atoms with E-state index in [0.29, 0.717) is 20.8 Å². The Morgan fingerprint density at radius 1 is 0.949 bits per heavy atom. The zero-order valence-corrected chi connectivity index (χ0v) is 23.3. The van der Waals surface area contributed by atoms with Crippen LogP contribution in [0.15, 0.2) is 87.1 Å². The Labute approximate surface area is 235 Å². The number of aromatic nitrogens is 1. The van der Waals surface area contributed by atoms with Crippen LogP contribution < -0.4 is 29.8 Å². The first kappa shape index (κ1) is 24.0. The number of amides is 2. The number of hydrogen-bond acceptors (Lipinski definition) is 7. The lowest BCUT2D eigenvalue weighted by Crippen LogP contribution is -2.67. The van der Waals surface area contributed by atoms with Crippen molar-refractivity contribution in [2.45, 2.75) is 11.3 Å². The van der Waals surface area contributed by atoms with Gasteiger partial charge in [-0.15, -0.1) is 0 Å². The molecule has 3 aliphatic rings. The van der Waals surface area contributed by atoms with Crippen molar-refractivity contribution in [3.8, 4) is 11.5 Å². The van der Waals surface area contributed by atoms with Crippen LogP contribution in [0.5, 0.6) is 11.5 Å².